The lowest BCUT2D eigenvalue weighted by Crippen LogP contribution is -2.46. The average Bonchev–Trinajstić information content (AvgIpc) is 2.35. The number of hydrogen-bond donors (Lipinski definition) is 2. The molecule has 21 heavy (non-hydrogen) atoms. The molecule has 0 bridgehead atoms. The second-order valence-corrected chi connectivity index (χ2v) is 12.7. The van der Waals surface area contributed by atoms with Crippen LogP contribution in [0.4, 0.5) is 0 Å². The van der Waals surface area contributed by atoms with Gasteiger partial charge in [0.2, 0.25) is 8.32 Å². The molecule has 0 amide bonds. The highest BCUT2D eigenvalue weighted by Gasteiger charge is 2.41. The molecular formula is C16H33NO3Si. The van der Waals surface area contributed by atoms with E-state index in [4.69, 9.17) is 4.43 Å². The summed E-state index contributed by atoms with van der Waals surface area (Å²) in [4.78, 5) is 2.09. The number of aliphatic hydroxyl groups excluding tert-OH is 2. The van der Waals surface area contributed by atoms with Gasteiger partial charge in [-0.15, -0.1) is 0 Å². The Morgan fingerprint density at radius 1 is 1.24 bits per heavy atom. The lowest BCUT2D eigenvalue weighted by molar-refractivity contribution is 0.0586. The molecule has 0 aliphatic heterocycles. The highest BCUT2D eigenvalue weighted by atomic mass is 28.4. The van der Waals surface area contributed by atoms with Gasteiger partial charge in [-0.1, -0.05) is 20.8 Å². The first kappa shape index (κ1) is 18.7. The summed E-state index contributed by atoms with van der Waals surface area (Å²) in [6, 6.07) is 0.112. The van der Waals surface area contributed by atoms with E-state index in [0.717, 1.165) is 12.2 Å². The molecule has 0 saturated heterocycles. The molecule has 3 atom stereocenters. The maximum absolute atomic E-state index is 9.67. The van der Waals surface area contributed by atoms with Crippen LogP contribution in [0.3, 0.4) is 0 Å². The Balaban J connectivity index is 3.02. The summed E-state index contributed by atoms with van der Waals surface area (Å²) < 4.78 is 6.43. The molecule has 0 unspecified atom stereocenters. The van der Waals surface area contributed by atoms with Crippen molar-refractivity contribution >= 4 is 8.32 Å². The van der Waals surface area contributed by atoms with Gasteiger partial charge in [-0.3, -0.25) is 0 Å². The van der Waals surface area contributed by atoms with Crippen molar-refractivity contribution in [1.29, 1.82) is 0 Å². The summed E-state index contributed by atoms with van der Waals surface area (Å²) in [7, 11) is 2.15. The van der Waals surface area contributed by atoms with E-state index in [1.54, 1.807) is 0 Å². The van der Waals surface area contributed by atoms with Crippen LogP contribution in [0, 0.1) is 11.8 Å². The number of nitrogens with zero attached hydrogens (tertiary/aromatic N) is 1. The van der Waals surface area contributed by atoms with Crippen LogP contribution in [0.25, 0.3) is 0 Å². The smallest absolute Gasteiger partial charge is 0.250 e. The summed E-state index contributed by atoms with van der Waals surface area (Å²) in [6.45, 7) is 11.4. The van der Waals surface area contributed by atoms with E-state index in [9.17, 15) is 10.2 Å². The minimum atomic E-state index is -1.86. The Morgan fingerprint density at radius 3 is 2.19 bits per heavy atom. The van der Waals surface area contributed by atoms with E-state index >= 15 is 0 Å². The normalized spacial score (nSPS) is 27.7. The fourth-order valence-corrected chi connectivity index (χ4v) is 3.73. The minimum Gasteiger partial charge on any atom is -0.547 e. The lowest BCUT2D eigenvalue weighted by atomic mass is 9.79. The van der Waals surface area contributed by atoms with E-state index in [2.05, 4.69) is 44.8 Å². The first-order chi connectivity index (χ1) is 9.53. The summed E-state index contributed by atoms with van der Waals surface area (Å²) in [5.41, 5.74) is 0. The first-order valence-corrected chi connectivity index (χ1v) is 10.7. The van der Waals surface area contributed by atoms with Crippen molar-refractivity contribution in [2.24, 2.45) is 11.8 Å². The van der Waals surface area contributed by atoms with Crippen LogP contribution in [0.5, 0.6) is 0 Å². The third-order valence-corrected chi connectivity index (χ3v) is 9.48. The van der Waals surface area contributed by atoms with Crippen molar-refractivity contribution in [3.8, 4) is 0 Å². The molecule has 0 spiro atoms. The minimum absolute atomic E-state index is 0.0622. The highest BCUT2D eigenvalue weighted by molar-refractivity contribution is 6.74. The van der Waals surface area contributed by atoms with Crippen LogP contribution in [0.15, 0.2) is 11.8 Å². The van der Waals surface area contributed by atoms with Crippen molar-refractivity contribution in [1.82, 2.24) is 4.90 Å². The standard InChI is InChI=1S/C16H33NO3Si/c1-16(2,3)21(6,7)20-13-8-12(10-18)14(11-19)15(9-13)17(4)5/h9,12,14-15,18-19H,8,10-11H2,1-7H3/t12-,14+,15+/m0/s1. The molecule has 5 heteroatoms. The summed E-state index contributed by atoms with van der Waals surface area (Å²) in [5.74, 6) is 1.12. The Labute approximate surface area is 130 Å². The number of likely N-dealkylation sites (N-methyl/N-ethyl adjacent to an activating group) is 1. The van der Waals surface area contributed by atoms with Gasteiger partial charge in [-0.05, 0) is 44.2 Å². The van der Waals surface area contributed by atoms with Gasteiger partial charge >= 0.3 is 0 Å². The number of rotatable bonds is 5. The summed E-state index contributed by atoms with van der Waals surface area (Å²) in [5, 5.41) is 19.5. The molecule has 1 aliphatic carbocycles. The first-order valence-electron chi connectivity index (χ1n) is 7.81. The Kier molecular flexibility index (Phi) is 6.06. The Morgan fingerprint density at radius 2 is 1.81 bits per heavy atom. The molecule has 124 valence electrons. The zero-order valence-electron chi connectivity index (χ0n) is 14.7. The molecule has 4 nitrogen and oxygen atoms in total. The quantitative estimate of drug-likeness (QED) is 0.765. The van der Waals surface area contributed by atoms with Crippen LogP contribution in [0.1, 0.15) is 27.2 Å². The van der Waals surface area contributed by atoms with Gasteiger partial charge in [0.15, 0.2) is 0 Å². The van der Waals surface area contributed by atoms with Crippen molar-refractivity contribution in [2.45, 2.75) is 51.4 Å². The Bertz CT molecular complexity index is 374. The van der Waals surface area contributed by atoms with Crippen LogP contribution in [-0.2, 0) is 4.43 Å². The van der Waals surface area contributed by atoms with E-state index in [1.807, 2.05) is 14.1 Å². The maximum Gasteiger partial charge on any atom is 0.250 e. The maximum atomic E-state index is 9.67. The van der Waals surface area contributed by atoms with Crippen molar-refractivity contribution < 1.29 is 14.6 Å². The second-order valence-electron chi connectivity index (χ2n) is 7.94. The molecule has 0 radical (unpaired) electrons. The van der Waals surface area contributed by atoms with Crippen molar-refractivity contribution in [2.75, 3.05) is 27.3 Å². The third kappa shape index (κ3) is 4.31. The van der Waals surface area contributed by atoms with Crippen LogP contribution >= 0.6 is 0 Å². The zero-order chi connectivity index (χ0) is 16.4. The highest BCUT2D eigenvalue weighted by Crippen LogP contribution is 2.41. The lowest BCUT2D eigenvalue weighted by Gasteiger charge is -2.43. The molecule has 0 aromatic rings. The largest absolute Gasteiger partial charge is 0.547 e. The fraction of sp³-hybridized carbons (Fsp3) is 0.875. The predicted molar refractivity (Wildman–Crippen MR) is 89.6 cm³/mol. The van der Waals surface area contributed by atoms with Gasteiger partial charge in [0, 0.05) is 31.6 Å². The molecule has 0 aromatic carbocycles. The molecule has 1 rings (SSSR count). The van der Waals surface area contributed by atoms with E-state index in [0.29, 0.717) is 0 Å². The molecule has 0 heterocycles. The molecular weight excluding hydrogens is 282 g/mol. The molecule has 0 aromatic heterocycles. The Hall–Kier alpha value is -0.363. The number of allylic oxidation sites excluding steroid dienone is 1. The second kappa shape index (κ2) is 6.81. The van der Waals surface area contributed by atoms with Gasteiger partial charge in [-0.25, -0.2) is 0 Å². The molecule has 1 aliphatic rings. The topological polar surface area (TPSA) is 52.9 Å². The van der Waals surface area contributed by atoms with Gasteiger partial charge in [0.1, 0.15) is 0 Å². The molecule has 0 fully saturated rings. The van der Waals surface area contributed by atoms with Gasteiger partial charge < -0.3 is 19.5 Å². The van der Waals surface area contributed by atoms with Crippen LogP contribution < -0.4 is 0 Å². The van der Waals surface area contributed by atoms with E-state index in [-0.39, 0.29) is 36.1 Å². The molecule has 0 saturated carbocycles. The number of aliphatic hydroxyl groups is 2. The SMILES string of the molecule is CN(C)[C@@H]1C=C(O[Si](C)(C)C(C)(C)C)C[C@@H](CO)[C@H]1CO. The van der Waals surface area contributed by atoms with Gasteiger partial charge in [0.05, 0.1) is 5.76 Å². The monoisotopic (exact) mass is 315 g/mol. The van der Waals surface area contributed by atoms with E-state index in [1.165, 1.54) is 0 Å². The summed E-state index contributed by atoms with van der Waals surface area (Å²) >= 11 is 0. The third-order valence-electron chi connectivity index (χ3n) is 5.10. The number of hydrogen-bond acceptors (Lipinski definition) is 4. The predicted octanol–water partition coefficient (Wildman–Crippen LogP) is 2.44. The van der Waals surface area contributed by atoms with Crippen molar-refractivity contribution in [3.05, 3.63) is 11.8 Å². The zero-order valence-corrected chi connectivity index (χ0v) is 15.7. The molecule has 2 N–H and O–H groups in total. The summed E-state index contributed by atoms with van der Waals surface area (Å²) in [6.07, 6.45) is 2.87. The fourth-order valence-electron chi connectivity index (χ4n) is 2.62. The van der Waals surface area contributed by atoms with Gasteiger partial charge in [-0.2, -0.15) is 0 Å². The van der Waals surface area contributed by atoms with Crippen molar-refractivity contribution in [3.63, 3.8) is 0 Å². The van der Waals surface area contributed by atoms with Crippen LogP contribution in [0.2, 0.25) is 18.1 Å². The average molecular weight is 316 g/mol. The van der Waals surface area contributed by atoms with Gasteiger partial charge in [0.25, 0.3) is 0 Å². The van der Waals surface area contributed by atoms with Crippen LogP contribution in [-0.4, -0.2) is 56.8 Å². The van der Waals surface area contributed by atoms with E-state index < -0.39 is 8.32 Å².